The summed E-state index contributed by atoms with van der Waals surface area (Å²) in [5.74, 6) is 2.26. The van der Waals surface area contributed by atoms with Crippen LogP contribution in [-0.2, 0) is 29.9 Å². The topological polar surface area (TPSA) is 79.2 Å². The third kappa shape index (κ3) is 3.96. The summed E-state index contributed by atoms with van der Waals surface area (Å²) in [6, 6.07) is 3.66. The van der Waals surface area contributed by atoms with E-state index in [-0.39, 0.29) is 11.5 Å². The van der Waals surface area contributed by atoms with E-state index in [2.05, 4.69) is 9.97 Å². The molecule has 0 spiro atoms. The highest BCUT2D eigenvalue weighted by atomic mass is 32.2. The van der Waals surface area contributed by atoms with Gasteiger partial charge in [-0.15, -0.1) is 23.1 Å². The molecule has 0 aromatic carbocycles. The molecule has 6 nitrogen and oxygen atoms in total. The Labute approximate surface area is 165 Å². The van der Waals surface area contributed by atoms with Crippen molar-refractivity contribution >= 4 is 39.2 Å². The molecule has 4 rings (SSSR count). The minimum atomic E-state index is -0.0451. The molecule has 27 heavy (non-hydrogen) atoms. The van der Waals surface area contributed by atoms with E-state index >= 15 is 0 Å². The number of carbonyl (C=O) groups excluding carboxylic acids is 1. The number of aromatic nitrogens is 2. The molecule has 0 fully saturated rings. The van der Waals surface area contributed by atoms with Crippen LogP contribution in [-0.4, -0.2) is 33.6 Å². The first kappa shape index (κ1) is 18.3. The zero-order valence-corrected chi connectivity index (χ0v) is 16.8. The number of nitrogens with one attached hydrogen (secondary N) is 1. The number of furan rings is 1. The predicted octanol–water partition coefficient (Wildman–Crippen LogP) is 3.35. The average molecular weight is 404 g/mol. The zero-order valence-electron chi connectivity index (χ0n) is 15.1. The lowest BCUT2D eigenvalue weighted by molar-refractivity contribution is -0.127. The van der Waals surface area contributed by atoms with E-state index < -0.39 is 0 Å². The normalized spacial score (nSPS) is 13.7. The van der Waals surface area contributed by atoms with Gasteiger partial charge in [0.05, 0.1) is 29.7 Å². The largest absolute Gasteiger partial charge is 0.467 e. The molecule has 3 heterocycles. The van der Waals surface area contributed by atoms with Crippen molar-refractivity contribution in [3.63, 3.8) is 0 Å². The fraction of sp³-hybridized carbons (Fsp3) is 0.421. The average Bonchev–Trinajstić information content (AvgIpc) is 3.28. The number of thiophene rings is 1. The van der Waals surface area contributed by atoms with E-state index in [1.54, 1.807) is 29.5 Å². The molecule has 3 aromatic rings. The predicted molar refractivity (Wildman–Crippen MR) is 108 cm³/mol. The Hall–Kier alpha value is -2.06. The standard InChI is InChI=1S/C19H21N3O3S2/c1-22(9-12-5-4-8-25-12)16(23)11-26-10-15-20-18(24)17-13-6-2-3-7-14(13)27-19(17)21-15/h4-5,8H,2-3,6-7,9-11H2,1H3,(H,20,21,24). The number of aromatic amines is 1. The van der Waals surface area contributed by atoms with E-state index in [4.69, 9.17) is 4.42 Å². The first-order valence-electron chi connectivity index (χ1n) is 8.99. The van der Waals surface area contributed by atoms with Gasteiger partial charge < -0.3 is 14.3 Å². The number of fused-ring (bicyclic) bond motifs is 3. The van der Waals surface area contributed by atoms with Crippen molar-refractivity contribution in [3.8, 4) is 0 Å². The number of hydrogen-bond acceptors (Lipinski definition) is 6. The molecular weight excluding hydrogens is 382 g/mol. The summed E-state index contributed by atoms with van der Waals surface area (Å²) in [4.78, 5) is 36.1. The lowest BCUT2D eigenvalue weighted by Crippen LogP contribution is -2.27. The van der Waals surface area contributed by atoms with E-state index in [1.807, 2.05) is 12.1 Å². The molecule has 8 heteroatoms. The van der Waals surface area contributed by atoms with E-state index in [1.165, 1.54) is 28.6 Å². The van der Waals surface area contributed by atoms with Crippen LogP contribution in [0.25, 0.3) is 10.2 Å². The lowest BCUT2D eigenvalue weighted by Gasteiger charge is -2.15. The molecule has 0 atom stereocenters. The molecule has 0 radical (unpaired) electrons. The van der Waals surface area contributed by atoms with Crippen molar-refractivity contribution in [3.05, 3.63) is 50.8 Å². The third-order valence-corrected chi connectivity index (χ3v) is 6.85. The molecule has 0 bridgehead atoms. The minimum Gasteiger partial charge on any atom is -0.467 e. The maximum absolute atomic E-state index is 12.5. The summed E-state index contributed by atoms with van der Waals surface area (Å²) < 4.78 is 5.27. The van der Waals surface area contributed by atoms with E-state index in [9.17, 15) is 9.59 Å². The number of thioether (sulfide) groups is 1. The second kappa shape index (κ2) is 7.90. The summed E-state index contributed by atoms with van der Waals surface area (Å²) >= 11 is 3.11. The number of hydrogen-bond donors (Lipinski definition) is 1. The first-order chi connectivity index (χ1) is 13.1. The van der Waals surface area contributed by atoms with Crippen molar-refractivity contribution in [2.45, 2.75) is 38.0 Å². The Kier molecular flexibility index (Phi) is 5.36. The number of aryl methyl sites for hydroxylation is 2. The molecule has 0 saturated heterocycles. The lowest BCUT2D eigenvalue weighted by atomic mass is 9.97. The van der Waals surface area contributed by atoms with Gasteiger partial charge in [-0.25, -0.2) is 4.98 Å². The van der Waals surface area contributed by atoms with Crippen molar-refractivity contribution in [2.24, 2.45) is 0 Å². The van der Waals surface area contributed by atoms with Gasteiger partial charge in [-0.05, 0) is 43.4 Å². The molecular formula is C19H21N3O3S2. The zero-order chi connectivity index (χ0) is 18.8. The maximum atomic E-state index is 12.5. The molecule has 1 N–H and O–H groups in total. The second-order valence-corrected chi connectivity index (χ2v) is 8.79. The van der Waals surface area contributed by atoms with Gasteiger partial charge in [-0.2, -0.15) is 0 Å². The van der Waals surface area contributed by atoms with E-state index in [0.717, 1.165) is 35.2 Å². The van der Waals surface area contributed by atoms with Crippen LogP contribution >= 0.6 is 23.1 Å². The number of rotatable bonds is 6. The van der Waals surface area contributed by atoms with Crippen LogP contribution in [0.15, 0.2) is 27.6 Å². The highest BCUT2D eigenvalue weighted by Crippen LogP contribution is 2.33. The number of carbonyl (C=O) groups is 1. The highest BCUT2D eigenvalue weighted by Gasteiger charge is 2.20. The smallest absolute Gasteiger partial charge is 0.259 e. The Balaban J connectivity index is 1.39. The maximum Gasteiger partial charge on any atom is 0.259 e. The van der Waals surface area contributed by atoms with Crippen LogP contribution in [0.3, 0.4) is 0 Å². The van der Waals surface area contributed by atoms with Gasteiger partial charge in [0.2, 0.25) is 5.91 Å². The Bertz CT molecular complexity index is 1010. The molecule has 142 valence electrons. The van der Waals surface area contributed by atoms with Gasteiger partial charge in [-0.3, -0.25) is 9.59 Å². The summed E-state index contributed by atoms with van der Waals surface area (Å²) in [5.41, 5.74) is 1.15. The van der Waals surface area contributed by atoms with Gasteiger partial charge in [0.1, 0.15) is 16.4 Å². The number of amides is 1. The van der Waals surface area contributed by atoms with Crippen LogP contribution in [0, 0.1) is 0 Å². The van der Waals surface area contributed by atoms with Crippen LogP contribution < -0.4 is 5.56 Å². The van der Waals surface area contributed by atoms with E-state index in [0.29, 0.717) is 23.9 Å². The SMILES string of the molecule is CN(Cc1ccco1)C(=O)CSCc1nc2sc3c(c2c(=O)[nH]1)CCCC3. The Morgan fingerprint density at radius 1 is 1.41 bits per heavy atom. The van der Waals surface area contributed by atoms with Crippen molar-refractivity contribution < 1.29 is 9.21 Å². The summed E-state index contributed by atoms with van der Waals surface area (Å²) in [7, 11) is 1.76. The van der Waals surface area contributed by atoms with Crippen LogP contribution in [0.2, 0.25) is 0 Å². The quantitative estimate of drug-likeness (QED) is 0.683. The number of H-pyrrole nitrogens is 1. The third-order valence-electron chi connectivity index (χ3n) is 4.74. The Morgan fingerprint density at radius 2 is 2.26 bits per heavy atom. The van der Waals surface area contributed by atoms with Gasteiger partial charge in [0, 0.05) is 11.9 Å². The fourth-order valence-corrected chi connectivity index (χ4v) is 5.45. The van der Waals surface area contributed by atoms with Crippen molar-refractivity contribution in [2.75, 3.05) is 12.8 Å². The first-order valence-corrected chi connectivity index (χ1v) is 11.0. The monoisotopic (exact) mass is 403 g/mol. The van der Waals surface area contributed by atoms with Crippen molar-refractivity contribution in [1.82, 2.24) is 14.9 Å². The van der Waals surface area contributed by atoms with Crippen LogP contribution in [0.4, 0.5) is 0 Å². The Morgan fingerprint density at radius 3 is 3.07 bits per heavy atom. The number of nitrogens with zero attached hydrogens (tertiary/aromatic N) is 2. The van der Waals surface area contributed by atoms with Crippen LogP contribution in [0.5, 0.6) is 0 Å². The molecule has 0 aliphatic heterocycles. The van der Waals surface area contributed by atoms with Crippen LogP contribution in [0.1, 0.15) is 34.9 Å². The summed E-state index contributed by atoms with van der Waals surface area (Å²) in [5, 5.41) is 0.776. The minimum absolute atomic E-state index is 0.0198. The van der Waals surface area contributed by atoms with Crippen molar-refractivity contribution in [1.29, 1.82) is 0 Å². The van der Waals surface area contributed by atoms with Gasteiger partial charge in [0.15, 0.2) is 0 Å². The highest BCUT2D eigenvalue weighted by molar-refractivity contribution is 7.99. The molecule has 1 amide bonds. The molecule has 1 aliphatic rings. The second-order valence-electron chi connectivity index (χ2n) is 6.73. The molecule has 0 unspecified atom stereocenters. The van der Waals surface area contributed by atoms with Gasteiger partial charge in [-0.1, -0.05) is 0 Å². The molecule has 0 saturated carbocycles. The van der Waals surface area contributed by atoms with Gasteiger partial charge in [0.25, 0.3) is 5.56 Å². The van der Waals surface area contributed by atoms with Gasteiger partial charge >= 0.3 is 0 Å². The summed E-state index contributed by atoms with van der Waals surface area (Å²) in [6.45, 7) is 0.453. The molecule has 3 aromatic heterocycles. The molecule has 1 aliphatic carbocycles. The summed E-state index contributed by atoms with van der Waals surface area (Å²) in [6.07, 6.45) is 5.96. The fourth-order valence-electron chi connectivity index (χ4n) is 3.35.